The highest BCUT2D eigenvalue weighted by atomic mass is 19.4. The van der Waals surface area contributed by atoms with Gasteiger partial charge in [-0.3, -0.25) is 9.36 Å². The van der Waals surface area contributed by atoms with E-state index in [4.69, 9.17) is 5.84 Å². The summed E-state index contributed by atoms with van der Waals surface area (Å²) < 4.78 is 56.7. The van der Waals surface area contributed by atoms with Gasteiger partial charge in [0, 0.05) is 37.2 Å². The number of aliphatic hydroxyl groups is 1. The minimum Gasteiger partial charge on any atom is -0.396 e. The van der Waals surface area contributed by atoms with E-state index in [1.807, 2.05) is 0 Å². The predicted molar refractivity (Wildman–Crippen MR) is 97.9 cm³/mol. The Balaban J connectivity index is 1.93. The highest BCUT2D eigenvalue weighted by Gasteiger charge is 2.50. The van der Waals surface area contributed by atoms with Gasteiger partial charge in [0.15, 0.2) is 0 Å². The first kappa shape index (κ1) is 19.7. The molecule has 0 spiro atoms. The number of aryl methyl sites for hydroxylation is 1. The minimum atomic E-state index is -4.53. The molecule has 2 unspecified atom stereocenters. The fourth-order valence-corrected chi connectivity index (χ4v) is 4.33. The molecule has 2 fully saturated rings. The first-order valence-corrected chi connectivity index (χ1v) is 9.24. The van der Waals surface area contributed by atoms with E-state index in [-0.39, 0.29) is 34.7 Å². The molecule has 1 aromatic heterocycles. The van der Waals surface area contributed by atoms with E-state index >= 15 is 0 Å². The van der Waals surface area contributed by atoms with Gasteiger partial charge in [0.25, 0.3) is 5.56 Å². The van der Waals surface area contributed by atoms with Gasteiger partial charge >= 0.3 is 11.9 Å². The van der Waals surface area contributed by atoms with Crippen LogP contribution in [0.3, 0.4) is 0 Å². The molecule has 3 N–H and O–H groups in total. The van der Waals surface area contributed by atoms with Crippen LogP contribution in [-0.2, 0) is 0 Å². The van der Waals surface area contributed by atoms with Crippen LogP contribution in [-0.4, -0.2) is 40.2 Å². The van der Waals surface area contributed by atoms with Crippen molar-refractivity contribution in [3.8, 4) is 0 Å². The fraction of sp³-hybridized carbons (Fsp3) is 0.556. The van der Waals surface area contributed by atoms with Gasteiger partial charge in [-0.15, -0.1) is 0 Å². The number of nitrogens with zero attached hydrogens (tertiary/aromatic N) is 3. The molecule has 29 heavy (non-hydrogen) atoms. The van der Waals surface area contributed by atoms with Crippen LogP contribution in [0.15, 0.2) is 15.7 Å². The monoisotopic (exact) mass is 416 g/mol. The maximum Gasteiger partial charge on any atom is 0.393 e. The summed E-state index contributed by atoms with van der Waals surface area (Å²) >= 11 is 0. The number of aromatic nitrogens is 2. The number of aliphatic hydroxyl groups excluding tert-OH is 1. The third-order valence-corrected chi connectivity index (χ3v) is 5.89. The average Bonchev–Trinajstić information content (AvgIpc) is 3.38. The van der Waals surface area contributed by atoms with E-state index in [0.29, 0.717) is 17.5 Å². The van der Waals surface area contributed by atoms with Crippen molar-refractivity contribution in [2.45, 2.75) is 32.0 Å². The lowest BCUT2D eigenvalue weighted by Gasteiger charge is -2.24. The quantitative estimate of drug-likeness (QED) is 0.581. The van der Waals surface area contributed by atoms with Crippen molar-refractivity contribution in [2.75, 3.05) is 30.4 Å². The molecule has 1 aliphatic heterocycles. The Morgan fingerprint density at radius 3 is 2.41 bits per heavy atom. The third kappa shape index (κ3) is 2.98. The summed E-state index contributed by atoms with van der Waals surface area (Å²) in [5, 5.41) is 9.29. The van der Waals surface area contributed by atoms with E-state index in [9.17, 15) is 32.3 Å². The number of rotatable bonds is 3. The van der Waals surface area contributed by atoms with Gasteiger partial charge in [0.05, 0.1) is 22.5 Å². The molecule has 2 heterocycles. The van der Waals surface area contributed by atoms with Crippen molar-refractivity contribution in [3.05, 3.63) is 38.3 Å². The Kier molecular flexibility index (Phi) is 4.41. The Hall–Kier alpha value is -2.56. The minimum absolute atomic E-state index is 0.0920. The van der Waals surface area contributed by atoms with Crippen LogP contribution in [0.5, 0.6) is 0 Å². The molecule has 7 nitrogen and oxygen atoms in total. The zero-order valence-electron chi connectivity index (χ0n) is 15.5. The first-order chi connectivity index (χ1) is 13.6. The molecular formula is C18H20F4N4O3. The van der Waals surface area contributed by atoms with E-state index in [2.05, 4.69) is 0 Å². The summed E-state index contributed by atoms with van der Waals surface area (Å²) in [4.78, 5) is 26.2. The number of nitrogens with two attached hydrogens (primary N) is 1. The highest BCUT2D eigenvalue weighted by Crippen LogP contribution is 2.42. The van der Waals surface area contributed by atoms with E-state index in [1.165, 1.54) is 16.4 Å². The largest absolute Gasteiger partial charge is 0.396 e. The lowest BCUT2D eigenvalue weighted by molar-refractivity contribution is -0.181. The van der Waals surface area contributed by atoms with Gasteiger partial charge in [0.1, 0.15) is 5.82 Å². The summed E-state index contributed by atoms with van der Waals surface area (Å²) in [7, 11) is 0. The Morgan fingerprint density at radius 1 is 1.24 bits per heavy atom. The molecule has 1 saturated carbocycles. The maximum absolute atomic E-state index is 15.0. The van der Waals surface area contributed by atoms with Crippen LogP contribution in [0, 0.1) is 24.6 Å². The second-order valence-corrected chi connectivity index (χ2v) is 7.78. The third-order valence-electron chi connectivity index (χ3n) is 5.89. The molecule has 4 rings (SSSR count). The number of anilines is 1. The van der Waals surface area contributed by atoms with E-state index in [1.54, 1.807) is 0 Å². The number of hydrogen-bond acceptors (Lipinski definition) is 5. The fourth-order valence-electron chi connectivity index (χ4n) is 4.33. The van der Waals surface area contributed by atoms with Gasteiger partial charge in [0.2, 0.25) is 0 Å². The van der Waals surface area contributed by atoms with Gasteiger partial charge < -0.3 is 15.8 Å². The number of alkyl halides is 3. The Labute approximate surface area is 161 Å². The number of benzene rings is 1. The van der Waals surface area contributed by atoms with Crippen molar-refractivity contribution in [2.24, 2.45) is 11.8 Å². The molecule has 0 radical (unpaired) electrons. The predicted octanol–water partition coefficient (Wildman–Crippen LogP) is 1.27. The summed E-state index contributed by atoms with van der Waals surface area (Å²) in [5.74, 6) is 1.80. The Morgan fingerprint density at radius 2 is 1.90 bits per heavy atom. The number of hydrogen-bond donors (Lipinski definition) is 2. The van der Waals surface area contributed by atoms with Crippen molar-refractivity contribution in [1.29, 1.82) is 0 Å². The summed E-state index contributed by atoms with van der Waals surface area (Å²) in [6.07, 6.45) is -3.16. The molecule has 11 heteroatoms. The first-order valence-electron chi connectivity index (χ1n) is 9.24. The van der Waals surface area contributed by atoms with Crippen LogP contribution in [0.1, 0.15) is 24.4 Å². The van der Waals surface area contributed by atoms with Crippen molar-refractivity contribution in [3.63, 3.8) is 0 Å². The van der Waals surface area contributed by atoms with E-state index < -0.39 is 48.2 Å². The van der Waals surface area contributed by atoms with Crippen LogP contribution in [0.4, 0.5) is 23.2 Å². The standard InChI is InChI=1S/C18H20F4N4O3/c1-8-14-11(16(28)26(23)17(29)25(14)10-2-3-10)4-13(19)15(8)24-5-9(7-27)12(6-24)18(20,21)22/h4,9-10,12,27H,2-3,5-7,23H2,1H3. The summed E-state index contributed by atoms with van der Waals surface area (Å²) in [6.45, 7) is 0.0962. The van der Waals surface area contributed by atoms with Crippen molar-refractivity contribution in [1.82, 2.24) is 9.24 Å². The summed E-state index contributed by atoms with van der Waals surface area (Å²) in [6, 6.07) is 0.736. The smallest absolute Gasteiger partial charge is 0.393 e. The van der Waals surface area contributed by atoms with Crippen molar-refractivity contribution < 1.29 is 22.7 Å². The molecular weight excluding hydrogens is 396 g/mol. The molecule has 1 aliphatic carbocycles. The van der Waals surface area contributed by atoms with Crippen LogP contribution in [0.25, 0.3) is 10.9 Å². The molecule has 1 saturated heterocycles. The van der Waals surface area contributed by atoms with Crippen molar-refractivity contribution >= 4 is 16.6 Å². The lowest BCUT2D eigenvalue weighted by Crippen LogP contribution is -2.44. The number of nitrogen functional groups attached to an aromatic ring is 1. The summed E-state index contributed by atoms with van der Waals surface area (Å²) in [5.41, 5.74) is -1.30. The molecule has 1 aromatic carbocycles. The zero-order chi connectivity index (χ0) is 21.2. The van der Waals surface area contributed by atoms with Gasteiger partial charge in [-0.25, -0.2) is 9.18 Å². The lowest BCUT2D eigenvalue weighted by atomic mass is 9.97. The molecule has 2 aliphatic rings. The Bertz CT molecular complexity index is 1100. The number of halogens is 4. The average molecular weight is 416 g/mol. The van der Waals surface area contributed by atoms with E-state index in [0.717, 1.165) is 6.07 Å². The van der Waals surface area contributed by atoms with Gasteiger partial charge in [-0.05, 0) is 25.8 Å². The second kappa shape index (κ2) is 6.48. The molecule has 158 valence electrons. The van der Waals surface area contributed by atoms with Crippen LogP contribution < -0.4 is 22.0 Å². The topological polar surface area (TPSA) is 93.5 Å². The molecule has 0 amide bonds. The van der Waals surface area contributed by atoms with Crippen LogP contribution >= 0.6 is 0 Å². The van der Waals surface area contributed by atoms with Gasteiger partial charge in [-0.1, -0.05) is 0 Å². The SMILES string of the molecule is Cc1c(N2CC(CO)C(C(F)(F)F)C2)c(F)cc2c(=O)n(N)c(=O)n(C3CC3)c12. The molecule has 2 atom stereocenters. The highest BCUT2D eigenvalue weighted by molar-refractivity contribution is 5.87. The van der Waals surface area contributed by atoms with Crippen LogP contribution in [0.2, 0.25) is 0 Å². The van der Waals surface area contributed by atoms with Gasteiger partial charge in [-0.2, -0.15) is 17.8 Å². The zero-order valence-corrected chi connectivity index (χ0v) is 15.5. The molecule has 0 bridgehead atoms. The maximum atomic E-state index is 15.0. The number of fused-ring (bicyclic) bond motifs is 1. The normalized spacial score (nSPS) is 22.6. The molecule has 2 aromatic rings. The second-order valence-electron chi connectivity index (χ2n) is 7.78.